The minimum atomic E-state index is -0.758. The smallest absolute Gasteiger partial charge is 0.326 e. The van der Waals surface area contributed by atoms with E-state index in [0.29, 0.717) is 6.61 Å². The van der Waals surface area contributed by atoms with Crippen LogP contribution in [0.4, 0.5) is 0 Å². The van der Waals surface area contributed by atoms with E-state index >= 15 is 0 Å². The number of rotatable bonds is 14. The van der Waals surface area contributed by atoms with Crippen molar-refractivity contribution in [2.24, 2.45) is 5.73 Å². The Hall–Kier alpha value is -0.570. The van der Waals surface area contributed by atoms with Gasteiger partial charge < -0.3 is 10.5 Å². The molecule has 1 atom stereocenters. The van der Waals surface area contributed by atoms with E-state index in [-0.39, 0.29) is 5.97 Å². The van der Waals surface area contributed by atoms with E-state index < -0.39 is 5.54 Å². The van der Waals surface area contributed by atoms with Crippen molar-refractivity contribution in [1.82, 2.24) is 0 Å². The molecule has 21 heavy (non-hydrogen) atoms. The second-order valence-electron chi connectivity index (χ2n) is 6.27. The molecule has 0 aliphatic carbocycles. The van der Waals surface area contributed by atoms with Crippen LogP contribution in [0.25, 0.3) is 0 Å². The first kappa shape index (κ1) is 20.4. The standard InChI is InChI=1S/C18H37NO2/c1-4-7-9-10-11-12-13-16-21-17(20)18(19,14-6-3)15-8-5-2/h4-16,19H2,1-3H3. The highest BCUT2D eigenvalue weighted by atomic mass is 16.5. The number of unbranched alkanes of at least 4 members (excludes halogenated alkanes) is 7. The second kappa shape index (κ2) is 13.1. The molecule has 0 aliphatic rings. The summed E-state index contributed by atoms with van der Waals surface area (Å²) in [5.41, 5.74) is 5.50. The van der Waals surface area contributed by atoms with Crippen molar-refractivity contribution in [3.8, 4) is 0 Å². The first-order valence-corrected chi connectivity index (χ1v) is 9.06. The predicted octanol–water partition coefficient (Wildman–Crippen LogP) is 4.97. The normalized spacial score (nSPS) is 13.9. The highest BCUT2D eigenvalue weighted by Crippen LogP contribution is 2.20. The summed E-state index contributed by atoms with van der Waals surface area (Å²) < 4.78 is 5.42. The fourth-order valence-electron chi connectivity index (χ4n) is 2.64. The second-order valence-corrected chi connectivity index (χ2v) is 6.27. The largest absolute Gasteiger partial charge is 0.464 e. The summed E-state index contributed by atoms with van der Waals surface area (Å²) in [4.78, 5) is 12.2. The Bertz CT molecular complexity index is 256. The molecule has 0 bridgehead atoms. The Morgan fingerprint density at radius 2 is 1.38 bits per heavy atom. The van der Waals surface area contributed by atoms with Crippen LogP contribution in [0.2, 0.25) is 0 Å². The van der Waals surface area contributed by atoms with E-state index in [1.165, 1.54) is 32.1 Å². The zero-order chi connectivity index (χ0) is 16.0. The third kappa shape index (κ3) is 9.89. The number of carbonyl (C=O) groups is 1. The first-order chi connectivity index (χ1) is 10.1. The number of hydrogen-bond donors (Lipinski definition) is 1. The van der Waals surface area contributed by atoms with Gasteiger partial charge >= 0.3 is 5.97 Å². The van der Waals surface area contributed by atoms with Crippen LogP contribution in [0.3, 0.4) is 0 Å². The number of ether oxygens (including phenoxy) is 1. The molecule has 0 aromatic heterocycles. The average Bonchev–Trinajstić information content (AvgIpc) is 2.48. The van der Waals surface area contributed by atoms with Gasteiger partial charge in [0.2, 0.25) is 0 Å². The van der Waals surface area contributed by atoms with Crippen molar-refractivity contribution in [3.05, 3.63) is 0 Å². The number of hydrogen-bond acceptors (Lipinski definition) is 3. The van der Waals surface area contributed by atoms with Gasteiger partial charge in [0, 0.05) is 0 Å². The highest BCUT2D eigenvalue weighted by Gasteiger charge is 2.33. The lowest BCUT2D eigenvalue weighted by Gasteiger charge is -2.26. The Kier molecular flexibility index (Phi) is 12.8. The summed E-state index contributed by atoms with van der Waals surface area (Å²) in [7, 11) is 0. The Morgan fingerprint density at radius 1 is 0.810 bits per heavy atom. The van der Waals surface area contributed by atoms with Crippen LogP contribution in [0.15, 0.2) is 0 Å². The van der Waals surface area contributed by atoms with Crippen LogP contribution in [-0.2, 0) is 9.53 Å². The van der Waals surface area contributed by atoms with Crippen molar-refractivity contribution in [2.75, 3.05) is 6.61 Å². The van der Waals surface area contributed by atoms with Gasteiger partial charge in [0.15, 0.2) is 0 Å². The van der Waals surface area contributed by atoms with Gasteiger partial charge in [0.05, 0.1) is 6.61 Å². The van der Waals surface area contributed by atoms with E-state index in [1.54, 1.807) is 0 Å². The molecule has 0 amide bonds. The lowest BCUT2D eigenvalue weighted by atomic mass is 9.89. The molecule has 0 aromatic rings. The number of esters is 1. The van der Waals surface area contributed by atoms with Gasteiger partial charge in [-0.25, -0.2) is 0 Å². The molecule has 0 spiro atoms. The topological polar surface area (TPSA) is 52.3 Å². The maximum absolute atomic E-state index is 12.2. The quantitative estimate of drug-likeness (QED) is 0.364. The predicted molar refractivity (Wildman–Crippen MR) is 90.3 cm³/mol. The van der Waals surface area contributed by atoms with Crippen molar-refractivity contribution in [1.29, 1.82) is 0 Å². The van der Waals surface area contributed by atoms with E-state index in [9.17, 15) is 4.79 Å². The monoisotopic (exact) mass is 299 g/mol. The van der Waals surface area contributed by atoms with Gasteiger partial charge in [0.25, 0.3) is 0 Å². The molecule has 3 heteroatoms. The van der Waals surface area contributed by atoms with Gasteiger partial charge in [-0.2, -0.15) is 0 Å². The van der Waals surface area contributed by atoms with Gasteiger partial charge in [0.1, 0.15) is 5.54 Å². The Labute approximate surface area is 132 Å². The van der Waals surface area contributed by atoms with Crippen LogP contribution in [0.5, 0.6) is 0 Å². The molecule has 0 heterocycles. The van der Waals surface area contributed by atoms with Crippen LogP contribution in [0.1, 0.15) is 97.8 Å². The van der Waals surface area contributed by atoms with Gasteiger partial charge in [-0.3, -0.25) is 4.79 Å². The van der Waals surface area contributed by atoms with E-state index in [0.717, 1.165) is 44.9 Å². The fraction of sp³-hybridized carbons (Fsp3) is 0.944. The Morgan fingerprint density at radius 3 is 1.95 bits per heavy atom. The maximum atomic E-state index is 12.2. The van der Waals surface area contributed by atoms with Gasteiger partial charge in [-0.15, -0.1) is 0 Å². The molecule has 0 rings (SSSR count). The third-order valence-electron chi connectivity index (χ3n) is 4.06. The van der Waals surface area contributed by atoms with E-state index in [1.807, 2.05) is 0 Å². The highest BCUT2D eigenvalue weighted by molar-refractivity contribution is 5.80. The van der Waals surface area contributed by atoms with Gasteiger partial charge in [-0.05, 0) is 19.3 Å². The van der Waals surface area contributed by atoms with Crippen molar-refractivity contribution in [2.45, 2.75) is 103 Å². The molecule has 126 valence electrons. The third-order valence-corrected chi connectivity index (χ3v) is 4.06. The summed E-state index contributed by atoms with van der Waals surface area (Å²) in [5, 5.41) is 0. The molecule has 0 radical (unpaired) electrons. The summed E-state index contributed by atoms with van der Waals surface area (Å²) in [6.45, 7) is 6.95. The molecule has 3 nitrogen and oxygen atoms in total. The zero-order valence-electron chi connectivity index (χ0n) is 14.6. The molecule has 0 aromatic carbocycles. The lowest BCUT2D eigenvalue weighted by Crippen LogP contribution is -2.49. The molecule has 0 fully saturated rings. The number of carbonyl (C=O) groups excluding carboxylic acids is 1. The van der Waals surface area contributed by atoms with Crippen LogP contribution >= 0.6 is 0 Å². The summed E-state index contributed by atoms with van der Waals surface area (Å²) >= 11 is 0. The van der Waals surface area contributed by atoms with Crippen molar-refractivity contribution >= 4 is 5.97 Å². The Balaban J connectivity index is 3.82. The molecule has 1 unspecified atom stereocenters. The molecule has 0 saturated carbocycles. The van der Waals surface area contributed by atoms with Gasteiger partial charge in [-0.1, -0.05) is 78.6 Å². The van der Waals surface area contributed by atoms with Crippen LogP contribution in [-0.4, -0.2) is 18.1 Å². The SMILES string of the molecule is CCCCCCCCCOC(=O)C(N)(CCC)CCCC. The molecular formula is C18H37NO2. The first-order valence-electron chi connectivity index (χ1n) is 9.06. The van der Waals surface area contributed by atoms with E-state index in [2.05, 4.69) is 20.8 Å². The van der Waals surface area contributed by atoms with E-state index in [4.69, 9.17) is 10.5 Å². The average molecular weight is 299 g/mol. The minimum absolute atomic E-state index is 0.191. The molecule has 2 N–H and O–H groups in total. The minimum Gasteiger partial charge on any atom is -0.464 e. The fourth-order valence-corrected chi connectivity index (χ4v) is 2.64. The summed E-state index contributed by atoms with van der Waals surface area (Å²) in [6.07, 6.45) is 13.1. The molecule has 0 saturated heterocycles. The zero-order valence-corrected chi connectivity index (χ0v) is 14.6. The number of nitrogens with two attached hydrogens (primary N) is 1. The maximum Gasteiger partial charge on any atom is 0.326 e. The van der Waals surface area contributed by atoms with Crippen molar-refractivity contribution < 1.29 is 9.53 Å². The van der Waals surface area contributed by atoms with Crippen molar-refractivity contribution in [3.63, 3.8) is 0 Å². The molecule has 0 aliphatic heterocycles. The molecular weight excluding hydrogens is 262 g/mol. The summed E-state index contributed by atoms with van der Waals surface area (Å²) in [5.74, 6) is -0.191. The van der Waals surface area contributed by atoms with Crippen LogP contribution < -0.4 is 5.73 Å². The lowest BCUT2D eigenvalue weighted by molar-refractivity contribution is -0.151. The summed E-state index contributed by atoms with van der Waals surface area (Å²) in [6, 6.07) is 0. The van der Waals surface area contributed by atoms with Crippen LogP contribution in [0, 0.1) is 0 Å².